The molecule has 0 unspecified atom stereocenters. The van der Waals surface area contributed by atoms with Crippen molar-refractivity contribution in [2.75, 3.05) is 14.1 Å². The first-order valence-corrected chi connectivity index (χ1v) is 6.80. The Morgan fingerprint density at radius 3 is 1.95 bits per heavy atom. The Hall–Kier alpha value is 0.0462. The monoisotopic (exact) mass is 302 g/mol. The van der Waals surface area contributed by atoms with Crippen molar-refractivity contribution < 1.29 is 51.4 Å². The number of nitrogens with one attached hydrogen (secondary N) is 1. The number of hydrazine groups is 1. The molecule has 7 heteroatoms. The molecule has 0 atom stereocenters. The van der Waals surface area contributed by atoms with E-state index >= 15 is 0 Å². The minimum Gasteiger partial charge on any atom is -0.611 e. The Balaban J connectivity index is 0.00000161. The average Bonchev–Trinajstić information content (AvgIpc) is 2.85. The molecule has 2 aromatic carbocycles. The first-order valence-electron chi connectivity index (χ1n) is 6.80. The molecular formula is C14H17B2KN4. The average molecular weight is 302 g/mol. The SMILES string of the molecule is CNN1B(c2ccccc2)[N-]N(C)B1c1ccccc1.[K+]. The maximum absolute atomic E-state index is 4.77. The third kappa shape index (κ3) is 3.69. The van der Waals surface area contributed by atoms with Crippen molar-refractivity contribution in [3.8, 4) is 0 Å². The van der Waals surface area contributed by atoms with Crippen LogP contribution in [0, 0.1) is 0 Å². The van der Waals surface area contributed by atoms with E-state index < -0.39 is 0 Å². The fraction of sp³-hybridized carbons (Fsp3) is 0.143. The van der Waals surface area contributed by atoms with Gasteiger partial charge in [0.25, 0.3) is 0 Å². The summed E-state index contributed by atoms with van der Waals surface area (Å²) in [5.74, 6) is 0. The Morgan fingerprint density at radius 1 is 0.905 bits per heavy atom. The standard InChI is InChI=1S/C14H17B2N4.K/c1-17-20-15(13-9-5-3-6-10-13)18-19(2)16(20)14-11-7-4-8-12-14;/h3-12,17H,1-2H3;/q-1;+1. The fourth-order valence-electron chi connectivity index (χ4n) is 2.70. The molecule has 3 rings (SSSR count). The van der Waals surface area contributed by atoms with Crippen LogP contribution in [0.3, 0.4) is 0 Å². The molecule has 0 saturated carbocycles. The number of hydrogen-bond donors (Lipinski definition) is 1. The van der Waals surface area contributed by atoms with Crippen molar-refractivity contribution >= 4 is 24.9 Å². The molecule has 0 aromatic heterocycles. The minimum absolute atomic E-state index is 0. The van der Waals surface area contributed by atoms with Gasteiger partial charge in [-0.15, -0.1) is 0 Å². The van der Waals surface area contributed by atoms with E-state index in [1.165, 1.54) is 10.9 Å². The molecule has 1 aliphatic heterocycles. The third-order valence-corrected chi connectivity index (χ3v) is 3.63. The Morgan fingerprint density at radius 2 is 1.43 bits per heavy atom. The Labute approximate surface area is 169 Å². The molecule has 1 saturated heterocycles. The molecular weight excluding hydrogens is 285 g/mol. The second-order valence-corrected chi connectivity index (χ2v) is 4.89. The van der Waals surface area contributed by atoms with Gasteiger partial charge in [-0.2, -0.15) is 0 Å². The summed E-state index contributed by atoms with van der Waals surface area (Å²) in [4.78, 5) is 4.19. The molecule has 0 radical (unpaired) electrons. The summed E-state index contributed by atoms with van der Waals surface area (Å²) in [6.07, 6.45) is 0. The number of rotatable bonds is 3. The van der Waals surface area contributed by atoms with Crippen LogP contribution in [0.25, 0.3) is 5.34 Å². The molecule has 1 heterocycles. The number of benzene rings is 2. The van der Waals surface area contributed by atoms with Crippen molar-refractivity contribution in [2.45, 2.75) is 0 Å². The molecule has 100 valence electrons. The van der Waals surface area contributed by atoms with E-state index in [-0.39, 0.29) is 65.3 Å². The molecule has 0 aliphatic carbocycles. The van der Waals surface area contributed by atoms with E-state index in [1.54, 1.807) is 0 Å². The van der Waals surface area contributed by atoms with Gasteiger partial charge in [-0.25, -0.2) is 0 Å². The van der Waals surface area contributed by atoms with E-state index in [9.17, 15) is 0 Å². The van der Waals surface area contributed by atoms with Gasteiger partial charge in [0.15, 0.2) is 0 Å². The Bertz CT molecular complexity index is 557. The van der Waals surface area contributed by atoms with Crippen molar-refractivity contribution in [2.24, 2.45) is 0 Å². The van der Waals surface area contributed by atoms with Gasteiger partial charge in [0.05, 0.1) is 0 Å². The fourth-order valence-corrected chi connectivity index (χ4v) is 2.70. The molecule has 4 nitrogen and oxygen atoms in total. The van der Waals surface area contributed by atoms with Crippen LogP contribution in [0.5, 0.6) is 0 Å². The van der Waals surface area contributed by atoms with Gasteiger partial charge in [0, 0.05) is 0 Å². The first kappa shape index (κ1) is 17.4. The third-order valence-electron chi connectivity index (χ3n) is 3.63. The van der Waals surface area contributed by atoms with Gasteiger partial charge in [0.1, 0.15) is 6.98 Å². The summed E-state index contributed by atoms with van der Waals surface area (Å²) in [6.45, 7) is 0.0998. The van der Waals surface area contributed by atoms with Crippen LogP contribution >= 0.6 is 0 Å². The zero-order chi connectivity index (χ0) is 13.9. The van der Waals surface area contributed by atoms with E-state index in [4.69, 9.17) is 5.34 Å². The van der Waals surface area contributed by atoms with Crippen molar-refractivity contribution in [3.05, 3.63) is 66.0 Å². The quantitative estimate of drug-likeness (QED) is 0.634. The van der Waals surface area contributed by atoms with E-state index in [1.807, 2.05) is 31.1 Å². The molecule has 1 N–H and O–H groups in total. The summed E-state index contributed by atoms with van der Waals surface area (Å²) in [6, 6.07) is 20.8. The smallest absolute Gasteiger partial charge is 0.611 e. The predicted octanol–water partition coefficient (Wildman–Crippen LogP) is -2.55. The molecule has 2 aromatic rings. The summed E-state index contributed by atoms with van der Waals surface area (Å²) < 4.78 is 0. The molecule has 0 bridgehead atoms. The maximum atomic E-state index is 4.77. The largest absolute Gasteiger partial charge is 1.00 e. The zero-order valence-corrected chi connectivity index (χ0v) is 15.9. The van der Waals surface area contributed by atoms with E-state index in [0.29, 0.717) is 0 Å². The second kappa shape index (κ2) is 8.06. The summed E-state index contributed by atoms with van der Waals surface area (Å²) in [5.41, 5.74) is 5.70. The normalized spacial score (nSPS) is 16.1. The van der Waals surface area contributed by atoms with Gasteiger partial charge in [-0.3, -0.25) is 5.43 Å². The van der Waals surface area contributed by atoms with Gasteiger partial charge < -0.3 is 15.1 Å². The molecule has 0 amide bonds. The maximum Gasteiger partial charge on any atom is 1.00 e. The predicted molar refractivity (Wildman–Crippen MR) is 85.7 cm³/mol. The summed E-state index contributed by atoms with van der Waals surface area (Å²) in [5, 5.41) is 4.77. The van der Waals surface area contributed by atoms with Gasteiger partial charge >= 0.3 is 58.4 Å². The van der Waals surface area contributed by atoms with Gasteiger partial charge in [-0.1, -0.05) is 66.1 Å². The first-order chi connectivity index (χ1) is 9.81. The Kier molecular flexibility index (Phi) is 6.67. The van der Waals surface area contributed by atoms with Crippen LogP contribution in [0.15, 0.2) is 60.7 Å². The van der Waals surface area contributed by atoms with Crippen LogP contribution in [0.1, 0.15) is 0 Å². The topological polar surface area (TPSA) is 32.6 Å². The number of hydrogen-bond acceptors (Lipinski definition) is 3. The van der Waals surface area contributed by atoms with Crippen molar-refractivity contribution in [3.63, 3.8) is 0 Å². The van der Waals surface area contributed by atoms with Crippen LogP contribution in [0.4, 0.5) is 0 Å². The summed E-state index contributed by atoms with van der Waals surface area (Å²) in [7, 11) is 3.96. The van der Waals surface area contributed by atoms with Crippen LogP contribution in [-0.2, 0) is 0 Å². The molecule has 1 fully saturated rings. The summed E-state index contributed by atoms with van der Waals surface area (Å²) >= 11 is 0. The second-order valence-electron chi connectivity index (χ2n) is 4.89. The van der Waals surface area contributed by atoms with Crippen molar-refractivity contribution in [1.82, 2.24) is 15.2 Å². The zero-order valence-electron chi connectivity index (χ0n) is 12.8. The van der Waals surface area contributed by atoms with Crippen LogP contribution in [0.2, 0.25) is 0 Å². The van der Waals surface area contributed by atoms with Crippen LogP contribution < -0.4 is 67.7 Å². The van der Waals surface area contributed by atoms with Crippen LogP contribution in [-0.4, -0.2) is 37.8 Å². The molecule has 1 aliphatic rings. The van der Waals surface area contributed by atoms with E-state index in [0.717, 1.165) is 0 Å². The van der Waals surface area contributed by atoms with E-state index in [2.05, 4.69) is 58.8 Å². The van der Waals surface area contributed by atoms with Gasteiger partial charge in [-0.05, 0) is 19.6 Å². The molecule has 21 heavy (non-hydrogen) atoms. The minimum atomic E-state index is -0.00333. The van der Waals surface area contributed by atoms with Gasteiger partial charge in [0.2, 0.25) is 0 Å². The van der Waals surface area contributed by atoms with Crippen molar-refractivity contribution in [1.29, 1.82) is 0 Å². The molecule has 0 spiro atoms. The number of nitrogens with zero attached hydrogens (tertiary/aromatic N) is 3.